The lowest BCUT2D eigenvalue weighted by Gasteiger charge is -2.24. The van der Waals surface area contributed by atoms with E-state index in [4.69, 9.17) is 11.6 Å². The van der Waals surface area contributed by atoms with Crippen molar-refractivity contribution < 1.29 is 9.50 Å². The second kappa shape index (κ2) is 8.41. The molecule has 124 valence electrons. The molecule has 2 atom stereocenters. The molecule has 0 amide bonds. The van der Waals surface area contributed by atoms with Crippen LogP contribution in [0.5, 0.6) is 0 Å². The Labute approximate surface area is 141 Å². The molecule has 0 aliphatic rings. The van der Waals surface area contributed by atoms with Crippen molar-refractivity contribution in [2.45, 2.75) is 12.1 Å². The minimum atomic E-state index is -0.504. The van der Waals surface area contributed by atoms with Gasteiger partial charge in [-0.2, -0.15) is 0 Å². The van der Waals surface area contributed by atoms with Crippen molar-refractivity contribution in [2.24, 2.45) is 0 Å². The van der Waals surface area contributed by atoms with E-state index in [9.17, 15) is 9.50 Å². The van der Waals surface area contributed by atoms with Crippen molar-refractivity contribution in [3.63, 3.8) is 0 Å². The molecule has 2 unspecified atom stereocenters. The number of benzene rings is 2. The first kappa shape index (κ1) is 17.9. The van der Waals surface area contributed by atoms with Gasteiger partial charge in [0.25, 0.3) is 0 Å². The molecule has 2 N–H and O–H groups in total. The zero-order valence-corrected chi connectivity index (χ0v) is 14.1. The number of hydrogen-bond donors (Lipinski definition) is 2. The quantitative estimate of drug-likeness (QED) is 0.815. The smallest absolute Gasteiger partial charge is 0.123 e. The predicted molar refractivity (Wildman–Crippen MR) is 92.3 cm³/mol. The van der Waals surface area contributed by atoms with E-state index in [2.05, 4.69) is 5.32 Å². The standard InChI is InChI=1S/C18H22ClFN2O/c1-22(2)12-15(23)11-21-18(13-7-9-14(20)10-8-13)16-5-3-4-6-17(16)19/h3-10,15,18,21,23H,11-12H2,1-2H3. The molecule has 2 rings (SSSR count). The van der Waals surface area contributed by atoms with Crippen LogP contribution >= 0.6 is 11.6 Å². The average molecular weight is 337 g/mol. The van der Waals surface area contributed by atoms with Gasteiger partial charge in [0.05, 0.1) is 12.1 Å². The van der Waals surface area contributed by atoms with E-state index in [1.54, 1.807) is 12.1 Å². The third-order valence-corrected chi connectivity index (χ3v) is 3.90. The summed E-state index contributed by atoms with van der Waals surface area (Å²) in [4.78, 5) is 1.93. The topological polar surface area (TPSA) is 35.5 Å². The van der Waals surface area contributed by atoms with E-state index in [-0.39, 0.29) is 11.9 Å². The lowest BCUT2D eigenvalue weighted by atomic mass is 9.98. The Hall–Kier alpha value is -1.46. The highest BCUT2D eigenvalue weighted by atomic mass is 35.5. The van der Waals surface area contributed by atoms with Gasteiger partial charge >= 0.3 is 0 Å². The molecule has 2 aromatic carbocycles. The lowest BCUT2D eigenvalue weighted by molar-refractivity contribution is 0.133. The number of nitrogens with zero attached hydrogens (tertiary/aromatic N) is 1. The fraction of sp³-hybridized carbons (Fsp3) is 0.333. The summed E-state index contributed by atoms with van der Waals surface area (Å²) >= 11 is 6.31. The molecule has 0 aromatic heterocycles. The largest absolute Gasteiger partial charge is 0.390 e. The molecular formula is C18H22ClFN2O. The molecule has 0 spiro atoms. The third-order valence-electron chi connectivity index (χ3n) is 3.55. The maximum Gasteiger partial charge on any atom is 0.123 e. The van der Waals surface area contributed by atoms with Gasteiger partial charge in [-0.15, -0.1) is 0 Å². The summed E-state index contributed by atoms with van der Waals surface area (Å²) in [5.41, 5.74) is 1.80. The maximum absolute atomic E-state index is 13.2. The SMILES string of the molecule is CN(C)CC(O)CNC(c1ccc(F)cc1)c1ccccc1Cl. The number of halogens is 2. The molecule has 0 fully saturated rings. The highest BCUT2D eigenvalue weighted by Gasteiger charge is 2.18. The maximum atomic E-state index is 13.2. The zero-order chi connectivity index (χ0) is 16.8. The number of aliphatic hydroxyl groups excluding tert-OH is 1. The third kappa shape index (κ3) is 5.29. The van der Waals surface area contributed by atoms with Crippen LogP contribution in [0.4, 0.5) is 4.39 Å². The Morgan fingerprint density at radius 2 is 1.78 bits per heavy atom. The van der Waals surface area contributed by atoms with Crippen LogP contribution in [-0.2, 0) is 0 Å². The number of rotatable bonds is 7. The summed E-state index contributed by atoms with van der Waals surface area (Å²) in [7, 11) is 3.82. The van der Waals surface area contributed by atoms with E-state index in [0.29, 0.717) is 18.1 Å². The van der Waals surface area contributed by atoms with Crippen LogP contribution in [0.25, 0.3) is 0 Å². The summed E-state index contributed by atoms with van der Waals surface area (Å²) in [5, 5.41) is 14.0. The Kier molecular flexibility index (Phi) is 6.54. The number of nitrogens with one attached hydrogen (secondary N) is 1. The summed E-state index contributed by atoms with van der Waals surface area (Å²) in [6, 6.07) is 13.6. The van der Waals surface area contributed by atoms with Crippen LogP contribution in [-0.4, -0.2) is 43.3 Å². The zero-order valence-electron chi connectivity index (χ0n) is 13.3. The van der Waals surface area contributed by atoms with E-state index in [0.717, 1.165) is 11.1 Å². The molecule has 2 aromatic rings. The van der Waals surface area contributed by atoms with Gasteiger partial charge in [0, 0.05) is 18.1 Å². The van der Waals surface area contributed by atoms with Crippen molar-refractivity contribution in [1.29, 1.82) is 0 Å². The molecule has 0 saturated carbocycles. The second-order valence-corrected chi connectivity index (χ2v) is 6.24. The fourth-order valence-corrected chi connectivity index (χ4v) is 2.76. The van der Waals surface area contributed by atoms with Gasteiger partial charge < -0.3 is 15.3 Å². The van der Waals surface area contributed by atoms with Crippen LogP contribution in [0.3, 0.4) is 0 Å². The second-order valence-electron chi connectivity index (χ2n) is 5.83. The molecule has 0 aliphatic carbocycles. The first-order valence-electron chi connectivity index (χ1n) is 7.53. The van der Waals surface area contributed by atoms with Gasteiger partial charge in [0.1, 0.15) is 5.82 Å². The van der Waals surface area contributed by atoms with Gasteiger partial charge in [-0.1, -0.05) is 41.9 Å². The lowest BCUT2D eigenvalue weighted by Crippen LogP contribution is -2.37. The predicted octanol–water partition coefficient (Wildman–Crippen LogP) is 3.08. The van der Waals surface area contributed by atoms with Crippen molar-refractivity contribution in [1.82, 2.24) is 10.2 Å². The minimum absolute atomic E-state index is 0.207. The molecule has 0 saturated heterocycles. The van der Waals surface area contributed by atoms with Gasteiger partial charge in [0.2, 0.25) is 0 Å². The molecular weight excluding hydrogens is 315 g/mol. The molecule has 3 nitrogen and oxygen atoms in total. The van der Waals surface area contributed by atoms with E-state index >= 15 is 0 Å². The monoisotopic (exact) mass is 336 g/mol. The average Bonchev–Trinajstić information content (AvgIpc) is 2.50. The van der Waals surface area contributed by atoms with Crippen molar-refractivity contribution >= 4 is 11.6 Å². The van der Waals surface area contributed by atoms with E-state index in [1.807, 2.05) is 43.3 Å². The molecule has 0 heterocycles. The molecule has 0 bridgehead atoms. The summed E-state index contributed by atoms with van der Waals surface area (Å²) in [6.07, 6.45) is -0.504. The highest BCUT2D eigenvalue weighted by Crippen LogP contribution is 2.28. The van der Waals surface area contributed by atoms with E-state index < -0.39 is 6.10 Å². The Bertz CT molecular complexity index is 619. The van der Waals surface area contributed by atoms with Gasteiger partial charge in [-0.05, 0) is 43.4 Å². The van der Waals surface area contributed by atoms with E-state index in [1.165, 1.54) is 12.1 Å². The van der Waals surface area contributed by atoms with Gasteiger partial charge in [-0.3, -0.25) is 0 Å². The van der Waals surface area contributed by atoms with Crippen molar-refractivity contribution in [3.8, 4) is 0 Å². The Morgan fingerprint density at radius 3 is 2.39 bits per heavy atom. The molecule has 0 radical (unpaired) electrons. The molecule has 23 heavy (non-hydrogen) atoms. The van der Waals surface area contributed by atoms with Crippen LogP contribution in [0.1, 0.15) is 17.2 Å². The number of likely N-dealkylation sites (N-methyl/N-ethyl adjacent to an activating group) is 1. The van der Waals surface area contributed by atoms with Crippen molar-refractivity contribution in [2.75, 3.05) is 27.2 Å². The van der Waals surface area contributed by atoms with Crippen LogP contribution in [0.15, 0.2) is 48.5 Å². The minimum Gasteiger partial charge on any atom is -0.390 e. The first-order valence-corrected chi connectivity index (χ1v) is 7.91. The van der Waals surface area contributed by atoms with Gasteiger partial charge in [0.15, 0.2) is 0 Å². The van der Waals surface area contributed by atoms with Crippen molar-refractivity contribution in [3.05, 3.63) is 70.5 Å². The van der Waals surface area contributed by atoms with Crippen LogP contribution in [0.2, 0.25) is 5.02 Å². The fourth-order valence-electron chi connectivity index (χ4n) is 2.51. The Balaban J connectivity index is 2.22. The van der Waals surface area contributed by atoms with Crippen LogP contribution in [0, 0.1) is 5.82 Å². The number of hydrogen-bond acceptors (Lipinski definition) is 3. The Morgan fingerprint density at radius 1 is 1.13 bits per heavy atom. The summed E-state index contributed by atoms with van der Waals surface area (Å²) < 4.78 is 13.2. The summed E-state index contributed by atoms with van der Waals surface area (Å²) in [6.45, 7) is 0.969. The molecule has 5 heteroatoms. The normalized spacial score (nSPS) is 14.0. The molecule has 0 aliphatic heterocycles. The highest BCUT2D eigenvalue weighted by molar-refractivity contribution is 6.31. The number of aliphatic hydroxyl groups is 1. The van der Waals surface area contributed by atoms with Gasteiger partial charge in [-0.25, -0.2) is 4.39 Å². The summed E-state index contributed by atoms with van der Waals surface area (Å²) in [5.74, 6) is -0.278. The first-order chi connectivity index (χ1) is 11.0. The van der Waals surface area contributed by atoms with Crippen LogP contribution < -0.4 is 5.32 Å².